The first-order valence-electron chi connectivity index (χ1n) is 10.6. The molecule has 1 amide bonds. The van der Waals surface area contributed by atoms with Crippen LogP contribution in [0.4, 0.5) is 15.9 Å². The van der Waals surface area contributed by atoms with Gasteiger partial charge in [-0.25, -0.2) is 9.37 Å². The van der Waals surface area contributed by atoms with Crippen molar-refractivity contribution in [1.82, 2.24) is 4.98 Å². The third-order valence-corrected chi connectivity index (χ3v) is 6.18. The number of rotatable bonds is 4. The van der Waals surface area contributed by atoms with E-state index in [0.717, 1.165) is 16.7 Å². The highest BCUT2D eigenvalue weighted by Crippen LogP contribution is 2.35. The molecule has 2 aliphatic rings. The van der Waals surface area contributed by atoms with Crippen LogP contribution in [0.3, 0.4) is 0 Å². The summed E-state index contributed by atoms with van der Waals surface area (Å²) < 4.78 is 20.0. The van der Waals surface area contributed by atoms with Crippen molar-refractivity contribution in [3.8, 4) is 5.75 Å². The highest BCUT2D eigenvalue weighted by atomic mass is 19.1. The van der Waals surface area contributed by atoms with E-state index < -0.39 is 11.4 Å². The summed E-state index contributed by atoms with van der Waals surface area (Å²) in [7, 11) is 0. The van der Waals surface area contributed by atoms with E-state index in [4.69, 9.17) is 9.72 Å². The molecule has 2 aliphatic heterocycles. The van der Waals surface area contributed by atoms with E-state index >= 15 is 0 Å². The molecule has 160 valence electrons. The lowest BCUT2D eigenvalue weighted by Crippen LogP contribution is -2.48. The quantitative estimate of drug-likeness (QED) is 0.672. The molecule has 0 radical (unpaired) electrons. The summed E-state index contributed by atoms with van der Waals surface area (Å²) >= 11 is 0. The van der Waals surface area contributed by atoms with Gasteiger partial charge in [0.1, 0.15) is 29.6 Å². The zero-order valence-electron chi connectivity index (χ0n) is 17.1. The van der Waals surface area contributed by atoms with E-state index in [2.05, 4.69) is 16.3 Å². The molecule has 3 heterocycles. The second-order valence-corrected chi connectivity index (χ2v) is 8.31. The molecule has 0 atom stereocenters. The van der Waals surface area contributed by atoms with E-state index in [9.17, 15) is 14.3 Å². The molecule has 1 saturated heterocycles. The number of pyridine rings is 1. The van der Waals surface area contributed by atoms with Crippen LogP contribution in [0.1, 0.15) is 24.8 Å². The number of nitrogens with zero attached hydrogens (tertiary/aromatic N) is 2. The Hall–Kier alpha value is -3.19. The Balaban J connectivity index is 1.25. The summed E-state index contributed by atoms with van der Waals surface area (Å²) in [6.45, 7) is 1.46. The van der Waals surface area contributed by atoms with E-state index in [0.29, 0.717) is 50.1 Å². The van der Waals surface area contributed by atoms with Crippen molar-refractivity contribution in [1.29, 1.82) is 0 Å². The highest BCUT2D eigenvalue weighted by molar-refractivity contribution is 5.94. The SMILES string of the molecule is O=C1CCc2c(OCC3(O)CCN(c4ccc5ccccc5n4)CC3)ccc(F)c2N1. The van der Waals surface area contributed by atoms with Crippen LogP contribution in [0, 0.1) is 5.82 Å². The molecule has 7 heteroatoms. The van der Waals surface area contributed by atoms with Crippen LogP contribution in [0.2, 0.25) is 0 Å². The van der Waals surface area contributed by atoms with Crippen LogP contribution in [0.5, 0.6) is 5.75 Å². The standard InChI is InChI=1S/C24H24FN3O3/c25-18-7-8-20(17-6-10-22(29)27-23(17)18)31-15-24(30)11-13-28(14-12-24)21-9-5-16-3-1-2-4-19(16)26-21/h1-5,7-9,30H,6,10-15H2,(H,27,29). The van der Waals surface area contributed by atoms with Crippen molar-refractivity contribution in [2.24, 2.45) is 0 Å². The minimum atomic E-state index is -0.966. The fourth-order valence-electron chi connectivity index (χ4n) is 4.30. The number of piperidine rings is 1. The molecule has 31 heavy (non-hydrogen) atoms. The Morgan fingerprint density at radius 2 is 1.90 bits per heavy atom. The van der Waals surface area contributed by atoms with Crippen LogP contribution in [0.25, 0.3) is 10.9 Å². The number of hydrogen-bond donors (Lipinski definition) is 2. The smallest absolute Gasteiger partial charge is 0.224 e. The maximum Gasteiger partial charge on any atom is 0.224 e. The Morgan fingerprint density at radius 3 is 2.74 bits per heavy atom. The van der Waals surface area contributed by atoms with Gasteiger partial charge in [0.15, 0.2) is 0 Å². The van der Waals surface area contributed by atoms with Gasteiger partial charge in [-0.3, -0.25) is 4.79 Å². The minimum Gasteiger partial charge on any atom is -0.490 e. The fourth-order valence-corrected chi connectivity index (χ4v) is 4.30. The van der Waals surface area contributed by atoms with Crippen molar-refractivity contribution in [3.05, 3.63) is 59.9 Å². The van der Waals surface area contributed by atoms with Gasteiger partial charge in [0.2, 0.25) is 5.91 Å². The highest BCUT2D eigenvalue weighted by Gasteiger charge is 2.34. The Bertz CT molecular complexity index is 1140. The lowest BCUT2D eigenvalue weighted by atomic mass is 9.92. The van der Waals surface area contributed by atoms with Crippen molar-refractivity contribution >= 4 is 28.3 Å². The number of ether oxygens (including phenoxy) is 1. The predicted molar refractivity (Wildman–Crippen MR) is 117 cm³/mol. The van der Waals surface area contributed by atoms with Gasteiger partial charge in [-0.15, -0.1) is 0 Å². The van der Waals surface area contributed by atoms with Crippen molar-refractivity contribution in [2.45, 2.75) is 31.3 Å². The number of amides is 1. The number of anilines is 2. The Labute approximate surface area is 179 Å². The average Bonchev–Trinajstić information content (AvgIpc) is 2.79. The first-order chi connectivity index (χ1) is 15.0. The maximum absolute atomic E-state index is 14.1. The van der Waals surface area contributed by atoms with Gasteiger partial charge in [0.05, 0.1) is 11.2 Å². The number of carbonyl (C=O) groups is 1. The number of carbonyl (C=O) groups excluding carboxylic acids is 1. The number of para-hydroxylation sites is 1. The molecule has 1 fully saturated rings. The molecule has 5 rings (SSSR count). The monoisotopic (exact) mass is 421 g/mol. The van der Waals surface area contributed by atoms with E-state index in [1.54, 1.807) is 6.07 Å². The first-order valence-corrected chi connectivity index (χ1v) is 10.6. The zero-order chi connectivity index (χ0) is 21.4. The summed E-state index contributed by atoms with van der Waals surface area (Å²) in [6, 6.07) is 15.0. The molecule has 6 nitrogen and oxygen atoms in total. The Morgan fingerprint density at radius 1 is 1.10 bits per heavy atom. The maximum atomic E-state index is 14.1. The third kappa shape index (κ3) is 3.93. The number of halogens is 1. The molecular weight excluding hydrogens is 397 g/mol. The lowest BCUT2D eigenvalue weighted by Gasteiger charge is -2.38. The summed E-state index contributed by atoms with van der Waals surface area (Å²) in [5, 5.41) is 14.7. The second-order valence-electron chi connectivity index (χ2n) is 8.31. The molecule has 0 saturated carbocycles. The van der Waals surface area contributed by atoms with Crippen LogP contribution < -0.4 is 15.0 Å². The number of aromatic nitrogens is 1. The lowest BCUT2D eigenvalue weighted by molar-refractivity contribution is -0.116. The summed E-state index contributed by atoms with van der Waals surface area (Å²) in [5.74, 6) is 0.760. The van der Waals surface area contributed by atoms with Crippen LogP contribution >= 0.6 is 0 Å². The molecule has 0 bridgehead atoms. The average molecular weight is 421 g/mol. The topological polar surface area (TPSA) is 74.7 Å². The number of fused-ring (bicyclic) bond motifs is 2. The normalized spacial score (nSPS) is 17.9. The van der Waals surface area contributed by atoms with Gasteiger partial charge in [0, 0.05) is 30.5 Å². The first kappa shape index (κ1) is 19.8. The summed E-state index contributed by atoms with van der Waals surface area (Å²) in [5.41, 5.74) is 0.836. The van der Waals surface area contributed by atoms with E-state index in [1.165, 1.54) is 6.07 Å². The number of hydrogen-bond acceptors (Lipinski definition) is 5. The molecule has 0 unspecified atom stereocenters. The van der Waals surface area contributed by atoms with Crippen molar-refractivity contribution in [2.75, 3.05) is 29.9 Å². The molecule has 0 aliphatic carbocycles. The van der Waals surface area contributed by atoms with Crippen molar-refractivity contribution in [3.63, 3.8) is 0 Å². The van der Waals surface area contributed by atoms with Gasteiger partial charge in [-0.2, -0.15) is 0 Å². The number of nitrogens with one attached hydrogen (secondary N) is 1. The summed E-state index contributed by atoms with van der Waals surface area (Å²) in [4.78, 5) is 18.5. The molecule has 3 aromatic rings. The molecule has 0 spiro atoms. The van der Waals surface area contributed by atoms with Crippen LogP contribution in [0.15, 0.2) is 48.5 Å². The molecular formula is C24H24FN3O3. The fraction of sp³-hybridized carbons (Fsp3) is 0.333. The van der Waals surface area contributed by atoms with E-state index in [1.807, 2.05) is 30.3 Å². The van der Waals surface area contributed by atoms with E-state index in [-0.39, 0.29) is 18.2 Å². The largest absolute Gasteiger partial charge is 0.490 e. The van der Waals surface area contributed by atoms with Crippen LogP contribution in [-0.2, 0) is 11.2 Å². The Kier molecular flexibility index (Phi) is 4.98. The number of benzene rings is 2. The van der Waals surface area contributed by atoms with Crippen molar-refractivity contribution < 1.29 is 19.0 Å². The minimum absolute atomic E-state index is 0.123. The number of aliphatic hydroxyl groups is 1. The van der Waals surface area contributed by atoms with Crippen LogP contribution in [-0.4, -0.2) is 41.3 Å². The molecule has 1 aromatic heterocycles. The van der Waals surface area contributed by atoms with Gasteiger partial charge < -0.3 is 20.1 Å². The zero-order valence-corrected chi connectivity index (χ0v) is 17.1. The second kappa shape index (κ2) is 7.81. The van der Waals surface area contributed by atoms with Gasteiger partial charge in [-0.05, 0) is 49.6 Å². The predicted octanol–water partition coefficient (Wildman–Crippen LogP) is 3.67. The molecule has 2 aromatic carbocycles. The third-order valence-electron chi connectivity index (χ3n) is 6.18. The van der Waals surface area contributed by atoms with Gasteiger partial charge >= 0.3 is 0 Å². The molecule has 2 N–H and O–H groups in total. The summed E-state index contributed by atoms with van der Waals surface area (Å²) in [6.07, 6.45) is 1.81. The van der Waals surface area contributed by atoms with Gasteiger partial charge in [-0.1, -0.05) is 18.2 Å². The van der Waals surface area contributed by atoms with Gasteiger partial charge in [0.25, 0.3) is 0 Å².